The van der Waals surface area contributed by atoms with Crippen molar-refractivity contribution in [3.63, 3.8) is 0 Å². The van der Waals surface area contributed by atoms with Crippen molar-refractivity contribution in [1.29, 1.82) is 0 Å². The molecule has 0 aliphatic heterocycles. The van der Waals surface area contributed by atoms with E-state index in [4.69, 9.17) is 0 Å². The SMILES string of the molecule is CCCC(c1cc(C)cc(C(C)(C)C)c1C=O)c1cc(C)cc(C(C)(C)C)c1C=O. The van der Waals surface area contributed by atoms with E-state index < -0.39 is 0 Å². The molecule has 0 aliphatic rings. The van der Waals surface area contributed by atoms with Crippen molar-refractivity contribution in [2.24, 2.45) is 0 Å². The number of aryl methyl sites for hydroxylation is 2. The molecular formula is C28H38O2. The highest BCUT2D eigenvalue weighted by molar-refractivity contribution is 5.84. The third kappa shape index (κ3) is 4.91. The molecule has 0 saturated heterocycles. The molecule has 162 valence electrons. The van der Waals surface area contributed by atoms with Crippen molar-refractivity contribution < 1.29 is 9.59 Å². The summed E-state index contributed by atoms with van der Waals surface area (Å²) in [7, 11) is 0. The van der Waals surface area contributed by atoms with E-state index in [2.05, 4.69) is 86.6 Å². The van der Waals surface area contributed by atoms with Crippen LogP contribution in [0.5, 0.6) is 0 Å². The standard InChI is InChI=1S/C28H38O2/c1-10-11-20(21-12-18(2)14-25(23(21)16-29)27(4,5)6)22-13-19(3)15-26(24(22)17-30)28(7,8)9/h12-17,20H,10-11H2,1-9H3. The average Bonchev–Trinajstić information content (AvgIpc) is 2.63. The van der Waals surface area contributed by atoms with Gasteiger partial charge in [0.2, 0.25) is 0 Å². The summed E-state index contributed by atoms with van der Waals surface area (Å²) >= 11 is 0. The van der Waals surface area contributed by atoms with Crippen LogP contribution < -0.4 is 0 Å². The van der Waals surface area contributed by atoms with Crippen molar-refractivity contribution in [1.82, 2.24) is 0 Å². The van der Waals surface area contributed by atoms with Crippen LogP contribution in [0.15, 0.2) is 24.3 Å². The van der Waals surface area contributed by atoms with Crippen LogP contribution in [0.1, 0.15) is 121 Å². The van der Waals surface area contributed by atoms with E-state index in [1.54, 1.807) is 0 Å². The maximum Gasteiger partial charge on any atom is 0.150 e. The highest BCUT2D eigenvalue weighted by Gasteiger charge is 2.28. The highest BCUT2D eigenvalue weighted by Crippen LogP contribution is 2.40. The molecule has 0 N–H and O–H groups in total. The van der Waals surface area contributed by atoms with Crippen LogP contribution in [-0.2, 0) is 10.8 Å². The molecule has 0 unspecified atom stereocenters. The molecule has 2 aromatic rings. The van der Waals surface area contributed by atoms with Gasteiger partial charge in [0.05, 0.1) is 0 Å². The maximum absolute atomic E-state index is 12.3. The van der Waals surface area contributed by atoms with Gasteiger partial charge >= 0.3 is 0 Å². The Morgan fingerprint density at radius 1 is 0.733 bits per heavy atom. The summed E-state index contributed by atoms with van der Waals surface area (Å²) in [5, 5.41) is 0. The molecule has 0 heterocycles. The van der Waals surface area contributed by atoms with Gasteiger partial charge in [-0.25, -0.2) is 0 Å². The van der Waals surface area contributed by atoms with Crippen LogP contribution >= 0.6 is 0 Å². The lowest BCUT2D eigenvalue weighted by Gasteiger charge is -2.30. The Kier molecular flexibility index (Phi) is 7.12. The van der Waals surface area contributed by atoms with Crippen molar-refractivity contribution in [3.8, 4) is 0 Å². The van der Waals surface area contributed by atoms with Crippen LogP contribution in [0.4, 0.5) is 0 Å². The molecule has 2 heteroatoms. The number of benzene rings is 2. The quantitative estimate of drug-likeness (QED) is 0.467. The summed E-state index contributed by atoms with van der Waals surface area (Å²) < 4.78 is 0. The smallest absolute Gasteiger partial charge is 0.150 e. The van der Waals surface area contributed by atoms with Gasteiger partial charge in [-0.2, -0.15) is 0 Å². The van der Waals surface area contributed by atoms with Gasteiger partial charge in [-0.05, 0) is 53.4 Å². The number of rotatable bonds is 6. The van der Waals surface area contributed by atoms with Gasteiger partial charge in [-0.1, -0.05) is 90.3 Å². The summed E-state index contributed by atoms with van der Waals surface area (Å²) in [6, 6.07) is 8.56. The predicted molar refractivity (Wildman–Crippen MR) is 127 cm³/mol. The van der Waals surface area contributed by atoms with Crippen LogP contribution in [0.2, 0.25) is 0 Å². The summed E-state index contributed by atoms with van der Waals surface area (Å²) in [5.41, 5.74) is 7.83. The lowest BCUT2D eigenvalue weighted by Crippen LogP contribution is -2.20. The second-order valence-electron chi connectivity index (χ2n) is 10.7. The third-order valence-corrected chi connectivity index (χ3v) is 5.89. The van der Waals surface area contributed by atoms with E-state index in [1.807, 2.05) is 0 Å². The number of hydrogen-bond donors (Lipinski definition) is 0. The van der Waals surface area contributed by atoms with Crippen molar-refractivity contribution in [3.05, 3.63) is 68.8 Å². The van der Waals surface area contributed by atoms with Gasteiger partial charge in [0.1, 0.15) is 0 Å². The molecule has 2 rings (SSSR count). The molecule has 0 spiro atoms. The normalized spacial score (nSPS) is 12.3. The Morgan fingerprint density at radius 2 is 1.10 bits per heavy atom. The minimum Gasteiger partial charge on any atom is -0.298 e. The summed E-state index contributed by atoms with van der Waals surface area (Å²) in [4.78, 5) is 24.6. The molecule has 0 amide bonds. The molecule has 2 nitrogen and oxygen atoms in total. The fourth-order valence-corrected chi connectivity index (χ4v) is 4.50. The molecule has 2 aromatic carbocycles. The molecule has 0 atom stereocenters. The van der Waals surface area contributed by atoms with E-state index in [1.165, 1.54) is 0 Å². The Bertz CT molecular complexity index is 861. The van der Waals surface area contributed by atoms with Gasteiger partial charge in [-0.3, -0.25) is 9.59 Å². The first kappa shape index (κ1) is 24.1. The predicted octanol–water partition coefficient (Wildman–Crippen LogP) is 7.46. The van der Waals surface area contributed by atoms with Crippen molar-refractivity contribution in [2.75, 3.05) is 0 Å². The van der Waals surface area contributed by atoms with E-state index in [0.29, 0.717) is 0 Å². The largest absolute Gasteiger partial charge is 0.298 e. The van der Waals surface area contributed by atoms with Gasteiger partial charge in [0.15, 0.2) is 12.6 Å². The summed E-state index contributed by atoms with van der Waals surface area (Å²) in [6.07, 6.45) is 3.89. The van der Waals surface area contributed by atoms with E-state index in [0.717, 1.165) is 69.9 Å². The fraction of sp³-hybridized carbons (Fsp3) is 0.500. The van der Waals surface area contributed by atoms with Crippen molar-refractivity contribution >= 4 is 12.6 Å². The number of carbonyl (C=O) groups is 2. The molecule has 0 saturated carbocycles. The topological polar surface area (TPSA) is 34.1 Å². The van der Waals surface area contributed by atoms with Crippen LogP contribution in [0.3, 0.4) is 0 Å². The van der Waals surface area contributed by atoms with E-state index in [-0.39, 0.29) is 16.7 Å². The summed E-state index contributed by atoms with van der Waals surface area (Å²) in [6.45, 7) is 19.2. The Labute approximate surface area is 183 Å². The van der Waals surface area contributed by atoms with E-state index >= 15 is 0 Å². The fourth-order valence-electron chi connectivity index (χ4n) is 4.50. The third-order valence-electron chi connectivity index (χ3n) is 5.89. The van der Waals surface area contributed by atoms with Gasteiger partial charge in [0, 0.05) is 17.0 Å². The van der Waals surface area contributed by atoms with Crippen molar-refractivity contribution in [2.45, 2.75) is 91.9 Å². The van der Waals surface area contributed by atoms with Gasteiger partial charge in [-0.15, -0.1) is 0 Å². The lowest BCUT2D eigenvalue weighted by molar-refractivity contribution is 0.111. The first-order valence-corrected chi connectivity index (χ1v) is 11.1. The molecule has 30 heavy (non-hydrogen) atoms. The average molecular weight is 407 g/mol. The highest BCUT2D eigenvalue weighted by atomic mass is 16.1. The van der Waals surface area contributed by atoms with Gasteiger partial charge < -0.3 is 0 Å². The molecule has 0 bridgehead atoms. The second-order valence-corrected chi connectivity index (χ2v) is 10.7. The number of carbonyl (C=O) groups excluding carboxylic acids is 2. The Balaban J connectivity index is 2.92. The Morgan fingerprint density at radius 3 is 1.37 bits per heavy atom. The number of aldehydes is 2. The summed E-state index contributed by atoms with van der Waals surface area (Å²) in [5.74, 6) is 0.0115. The molecule has 0 radical (unpaired) electrons. The van der Waals surface area contributed by atoms with E-state index in [9.17, 15) is 9.59 Å². The second kappa shape index (κ2) is 8.88. The first-order valence-electron chi connectivity index (χ1n) is 11.1. The van der Waals surface area contributed by atoms with Gasteiger partial charge in [0.25, 0.3) is 0 Å². The molecular weight excluding hydrogens is 368 g/mol. The zero-order chi connectivity index (χ0) is 22.9. The van der Waals surface area contributed by atoms with Crippen LogP contribution in [0, 0.1) is 13.8 Å². The zero-order valence-corrected chi connectivity index (χ0v) is 20.3. The van der Waals surface area contributed by atoms with Crippen LogP contribution in [0.25, 0.3) is 0 Å². The van der Waals surface area contributed by atoms with Crippen LogP contribution in [-0.4, -0.2) is 12.6 Å². The lowest BCUT2D eigenvalue weighted by atomic mass is 9.74. The maximum atomic E-state index is 12.3. The molecule has 0 fully saturated rings. The molecule has 0 aromatic heterocycles. The number of hydrogen-bond acceptors (Lipinski definition) is 2. The first-order chi connectivity index (χ1) is 13.8. The monoisotopic (exact) mass is 406 g/mol. The Hall–Kier alpha value is -2.22. The minimum absolute atomic E-state index is 0.0115. The molecule has 0 aliphatic carbocycles. The minimum atomic E-state index is -0.134. The zero-order valence-electron chi connectivity index (χ0n) is 20.3.